The Morgan fingerprint density at radius 1 is 0.778 bits per heavy atom. The topological polar surface area (TPSA) is 142 Å². The molecule has 36 heavy (non-hydrogen) atoms. The monoisotopic (exact) mass is 504 g/mol. The maximum atomic E-state index is 11.7. The van der Waals surface area contributed by atoms with Gasteiger partial charge in [-0.25, -0.2) is 9.59 Å². The molecule has 2 heterocycles. The fourth-order valence-electron chi connectivity index (χ4n) is 3.79. The minimum Gasteiger partial charge on any atom is -0.492 e. The predicted molar refractivity (Wildman–Crippen MR) is 135 cm³/mol. The summed E-state index contributed by atoms with van der Waals surface area (Å²) in [6.07, 6.45) is -0.825. The van der Waals surface area contributed by atoms with E-state index in [-0.39, 0.29) is 13.2 Å². The van der Waals surface area contributed by atoms with Crippen LogP contribution in [-0.2, 0) is 9.47 Å². The van der Waals surface area contributed by atoms with Gasteiger partial charge in [-0.15, -0.1) is 0 Å². The highest BCUT2D eigenvalue weighted by Crippen LogP contribution is 2.40. The van der Waals surface area contributed by atoms with E-state index in [1.807, 2.05) is 18.2 Å². The molecule has 196 valence electrons. The van der Waals surface area contributed by atoms with Crippen LogP contribution >= 0.6 is 0 Å². The number of methoxy groups -OCH3 is 2. The molecular weight excluding hydrogens is 472 g/mol. The van der Waals surface area contributed by atoms with Crippen LogP contribution in [-0.4, -0.2) is 89.2 Å². The fraction of sp³-hybridized carbons (Fsp3) is 0.417. The van der Waals surface area contributed by atoms with Gasteiger partial charge in [-0.2, -0.15) is 0 Å². The molecule has 4 rings (SSSR count). The van der Waals surface area contributed by atoms with E-state index in [1.54, 1.807) is 25.3 Å². The molecule has 0 unspecified atom stereocenters. The third-order valence-electron chi connectivity index (χ3n) is 5.35. The summed E-state index contributed by atoms with van der Waals surface area (Å²) in [5.74, 6) is 1.15. The number of rotatable bonds is 10. The molecule has 2 fully saturated rings. The zero-order valence-corrected chi connectivity index (χ0v) is 20.4. The third-order valence-corrected chi connectivity index (χ3v) is 5.35. The molecule has 12 heteroatoms. The van der Waals surface area contributed by atoms with Crippen molar-refractivity contribution in [1.82, 2.24) is 0 Å². The summed E-state index contributed by atoms with van der Waals surface area (Å²) >= 11 is 0. The number of anilines is 4. The van der Waals surface area contributed by atoms with Crippen molar-refractivity contribution in [1.29, 1.82) is 0 Å². The number of aliphatic hydroxyl groups excluding tert-OH is 2. The van der Waals surface area contributed by atoms with Crippen molar-refractivity contribution in [2.24, 2.45) is 0 Å². The number of carbonyl (C=O) groups is 2. The smallest absolute Gasteiger partial charge is 0.414 e. The Morgan fingerprint density at radius 3 is 1.58 bits per heavy atom. The molecule has 0 aromatic heterocycles. The normalized spacial score (nSPS) is 14.6. The van der Waals surface area contributed by atoms with Crippen LogP contribution in [0.2, 0.25) is 0 Å². The third kappa shape index (κ3) is 6.20. The first kappa shape index (κ1) is 26.7. The molecular formula is C24H32N4O8. The number of nitrogens with zero attached hydrogens (tertiary/aromatic N) is 2. The molecule has 2 aliphatic rings. The summed E-state index contributed by atoms with van der Waals surface area (Å²) in [7, 11) is 3.09. The number of carbonyl (C=O) groups excluding carboxylic acids is 2. The van der Waals surface area contributed by atoms with Crippen molar-refractivity contribution in [2.45, 2.75) is 0 Å². The lowest BCUT2D eigenvalue weighted by atomic mass is 10.2. The van der Waals surface area contributed by atoms with E-state index >= 15 is 0 Å². The SMILES string of the molecule is COc1c(N2CCOC2=O)cccc1N1CCOC1=O.COc1c(NCCO)cccc1NCCO. The number of cyclic esters (lactones) is 2. The average Bonchev–Trinajstić information content (AvgIpc) is 3.53. The Kier molecular flexibility index (Phi) is 9.83. The van der Waals surface area contributed by atoms with Crippen molar-refractivity contribution in [3.8, 4) is 11.5 Å². The van der Waals surface area contributed by atoms with E-state index < -0.39 is 12.2 Å². The largest absolute Gasteiger partial charge is 0.492 e. The lowest BCUT2D eigenvalue weighted by molar-refractivity contribution is 0.180. The van der Waals surface area contributed by atoms with Gasteiger partial charge in [-0.05, 0) is 24.3 Å². The van der Waals surface area contributed by atoms with E-state index in [1.165, 1.54) is 16.9 Å². The predicted octanol–water partition coefficient (Wildman–Crippen LogP) is 2.11. The molecule has 2 saturated heterocycles. The summed E-state index contributed by atoms with van der Waals surface area (Å²) in [4.78, 5) is 26.3. The van der Waals surface area contributed by atoms with E-state index in [0.29, 0.717) is 62.3 Å². The second-order valence-corrected chi connectivity index (χ2v) is 7.55. The zero-order chi connectivity index (χ0) is 25.9. The number of nitrogens with one attached hydrogen (secondary N) is 2. The number of aliphatic hydroxyl groups is 2. The molecule has 2 aromatic carbocycles. The Hall–Kier alpha value is -3.90. The first-order valence-electron chi connectivity index (χ1n) is 11.5. The van der Waals surface area contributed by atoms with Crippen LogP contribution in [0.25, 0.3) is 0 Å². The molecule has 2 amide bonds. The van der Waals surface area contributed by atoms with Crippen LogP contribution in [0.15, 0.2) is 36.4 Å². The zero-order valence-electron chi connectivity index (χ0n) is 20.4. The van der Waals surface area contributed by atoms with Gasteiger partial charge < -0.3 is 39.8 Å². The highest BCUT2D eigenvalue weighted by atomic mass is 16.6. The second kappa shape index (κ2) is 13.3. The Bertz CT molecular complexity index is 965. The van der Waals surface area contributed by atoms with E-state index in [4.69, 9.17) is 29.2 Å². The molecule has 0 atom stereocenters. The van der Waals surface area contributed by atoms with Crippen LogP contribution < -0.4 is 29.9 Å². The van der Waals surface area contributed by atoms with E-state index in [9.17, 15) is 9.59 Å². The molecule has 2 aliphatic heterocycles. The van der Waals surface area contributed by atoms with Gasteiger partial charge in [0.25, 0.3) is 0 Å². The Balaban J connectivity index is 0.000000207. The van der Waals surface area contributed by atoms with Gasteiger partial charge in [0.05, 0.1) is 63.3 Å². The van der Waals surface area contributed by atoms with Gasteiger partial charge in [-0.3, -0.25) is 9.80 Å². The minimum atomic E-state index is -0.413. The quantitative estimate of drug-likeness (QED) is 0.380. The average molecular weight is 505 g/mol. The molecule has 0 radical (unpaired) electrons. The van der Waals surface area contributed by atoms with Crippen LogP contribution in [0, 0.1) is 0 Å². The molecule has 0 spiro atoms. The van der Waals surface area contributed by atoms with Crippen molar-refractivity contribution in [3.63, 3.8) is 0 Å². The van der Waals surface area contributed by atoms with Gasteiger partial charge in [0.15, 0.2) is 11.5 Å². The van der Waals surface area contributed by atoms with Gasteiger partial charge in [0, 0.05) is 13.1 Å². The van der Waals surface area contributed by atoms with Crippen LogP contribution in [0.1, 0.15) is 0 Å². The van der Waals surface area contributed by atoms with Gasteiger partial charge >= 0.3 is 12.2 Å². The van der Waals surface area contributed by atoms with Crippen LogP contribution in [0.3, 0.4) is 0 Å². The summed E-state index contributed by atoms with van der Waals surface area (Å²) < 4.78 is 20.5. The molecule has 0 saturated carbocycles. The van der Waals surface area contributed by atoms with Gasteiger partial charge in [0.1, 0.15) is 13.2 Å². The lowest BCUT2D eigenvalue weighted by Crippen LogP contribution is -2.27. The molecule has 12 nitrogen and oxygen atoms in total. The van der Waals surface area contributed by atoms with Crippen molar-refractivity contribution >= 4 is 34.9 Å². The highest BCUT2D eigenvalue weighted by molar-refractivity contribution is 5.97. The van der Waals surface area contributed by atoms with Crippen molar-refractivity contribution in [3.05, 3.63) is 36.4 Å². The molecule has 0 aliphatic carbocycles. The number of hydrogen-bond donors (Lipinski definition) is 4. The number of hydrogen-bond acceptors (Lipinski definition) is 10. The standard InChI is InChI=1S/C13H14N2O5.C11H18N2O3/c1-18-11-9(14-5-7-19-12(14)16)3-2-4-10(11)15-6-8-20-13(15)17;1-16-11-9(12-5-7-14)3-2-4-10(11)13-6-8-15/h2-4H,5-8H2,1H3;2-4,12-15H,5-8H2,1H3. The maximum Gasteiger partial charge on any atom is 0.414 e. The maximum absolute atomic E-state index is 11.7. The van der Waals surface area contributed by atoms with Crippen LogP contribution in [0.4, 0.5) is 32.3 Å². The number of para-hydroxylation sites is 2. The summed E-state index contributed by atoms with van der Waals surface area (Å²) in [6.45, 7) is 2.69. The number of ether oxygens (including phenoxy) is 4. The second-order valence-electron chi connectivity index (χ2n) is 7.55. The fourth-order valence-corrected chi connectivity index (χ4v) is 3.79. The molecule has 2 aromatic rings. The van der Waals surface area contributed by atoms with E-state index in [0.717, 1.165) is 11.4 Å². The Labute approximate surface area is 209 Å². The van der Waals surface area contributed by atoms with Gasteiger partial charge in [-0.1, -0.05) is 12.1 Å². The van der Waals surface area contributed by atoms with E-state index in [2.05, 4.69) is 10.6 Å². The summed E-state index contributed by atoms with van der Waals surface area (Å²) in [5, 5.41) is 23.6. The first-order chi connectivity index (χ1) is 17.5. The van der Waals surface area contributed by atoms with Gasteiger partial charge in [0.2, 0.25) is 0 Å². The van der Waals surface area contributed by atoms with Crippen molar-refractivity contribution < 1.29 is 38.7 Å². The Morgan fingerprint density at radius 2 is 1.22 bits per heavy atom. The number of amides is 2. The van der Waals surface area contributed by atoms with Crippen molar-refractivity contribution in [2.75, 3.05) is 87.3 Å². The number of benzene rings is 2. The lowest BCUT2D eigenvalue weighted by Gasteiger charge is -2.22. The van der Waals surface area contributed by atoms with Crippen LogP contribution in [0.5, 0.6) is 11.5 Å². The summed E-state index contributed by atoms with van der Waals surface area (Å²) in [6, 6.07) is 10.9. The highest BCUT2D eigenvalue weighted by Gasteiger charge is 2.31. The molecule has 4 N–H and O–H groups in total. The molecule has 0 bridgehead atoms. The first-order valence-corrected chi connectivity index (χ1v) is 11.5. The summed E-state index contributed by atoms with van der Waals surface area (Å²) in [5.41, 5.74) is 2.82. The minimum absolute atomic E-state index is 0.0669.